The monoisotopic (exact) mass is 508 g/mol. The van der Waals surface area contributed by atoms with Gasteiger partial charge in [0.05, 0.1) is 17.5 Å². The minimum Gasteiger partial charge on any atom is -0.459 e. The summed E-state index contributed by atoms with van der Waals surface area (Å²) in [6.07, 6.45) is -0.631. The number of imidazole rings is 1. The number of ether oxygens (including phenoxy) is 3. The molecule has 2 aromatic heterocycles. The Balaban J connectivity index is 1.45. The maximum absolute atomic E-state index is 12.9. The molecule has 0 bridgehead atoms. The molecule has 11 heteroatoms. The van der Waals surface area contributed by atoms with Gasteiger partial charge in [-0.2, -0.15) is 0 Å². The van der Waals surface area contributed by atoms with E-state index < -0.39 is 36.0 Å². The number of hydrogen-bond acceptors (Lipinski definition) is 9. The number of esters is 2. The highest BCUT2D eigenvalue weighted by molar-refractivity contribution is 6.33. The minimum absolute atomic E-state index is 0.136. The number of aliphatic hydroxyl groups is 1. The largest absolute Gasteiger partial charge is 0.459 e. The molecule has 0 aliphatic carbocycles. The smallest absolute Gasteiger partial charge is 0.338 e. The fourth-order valence-corrected chi connectivity index (χ4v) is 4.31. The third-order valence-electron chi connectivity index (χ3n) is 5.92. The van der Waals surface area contributed by atoms with Crippen LogP contribution in [0.2, 0.25) is 5.15 Å². The van der Waals surface area contributed by atoms with Crippen molar-refractivity contribution < 1.29 is 28.9 Å². The number of halogens is 1. The van der Waals surface area contributed by atoms with Crippen LogP contribution in [-0.4, -0.2) is 61.0 Å². The molecular weight excluding hydrogens is 488 g/mol. The molecule has 1 fully saturated rings. The number of nitrogens with zero attached hydrogens (tertiary/aromatic N) is 4. The average molecular weight is 509 g/mol. The Morgan fingerprint density at radius 3 is 2.33 bits per heavy atom. The van der Waals surface area contributed by atoms with Gasteiger partial charge in [0.25, 0.3) is 0 Å². The third kappa shape index (κ3) is 4.41. The zero-order chi connectivity index (χ0) is 25.3. The van der Waals surface area contributed by atoms with E-state index in [1.807, 2.05) is 0 Å². The van der Waals surface area contributed by atoms with E-state index in [9.17, 15) is 14.7 Å². The molecule has 1 aliphatic rings. The van der Waals surface area contributed by atoms with Crippen molar-refractivity contribution in [1.29, 1.82) is 0 Å². The Morgan fingerprint density at radius 1 is 1.03 bits per heavy atom. The highest BCUT2D eigenvalue weighted by Crippen LogP contribution is 2.42. The first kappa shape index (κ1) is 23.9. The molecule has 0 unspecified atom stereocenters. The number of fused-ring (bicyclic) bond motifs is 1. The second-order valence-corrected chi connectivity index (χ2v) is 8.76. The Labute approximate surface area is 210 Å². The summed E-state index contributed by atoms with van der Waals surface area (Å²) in [5, 5.41) is 11.7. The molecule has 0 saturated carbocycles. The maximum Gasteiger partial charge on any atom is 0.338 e. The summed E-state index contributed by atoms with van der Waals surface area (Å²) >= 11 is 6.13. The van der Waals surface area contributed by atoms with Gasteiger partial charge in [0.1, 0.15) is 30.2 Å². The quantitative estimate of drug-likeness (QED) is 0.308. The molecular formula is C25H21ClN4O6. The summed E-state index contributed by atoms with van der Waals surface area (Å²) in [6, 6.07) is 16.8. The molecule has 36 heavy (non-hydrogen) atoms. The van der Waals surface area contributed by atoms with Crippen LogP contribution in [0.25, 0.3) is 11.2 Å². The van der Waals surface area contributed by atoms with Crippen molar-refractivity contribution in [3.8, 4) is 0 Å². The van der Waals surface area contributed by atoms with Crippen molar-refractivity contribution in [2.24, 2.45) is 0 Å². The van der Waals surface area contributed by atoms with E-state index in [1.165, 1.54) is 24.1 Å². The predicted molar refractivity (Wildman–Crippen MR) is 127 cm³/mol. The highest BCUT2D eigenvalue weighted by Gasteiger charge is 2.57. The Kier molecular flexibility index (Phi) is 6.40. The van der Waals surface area contributed by atoms with E-state index in [-0.39, 0.29) is 11.8 Å². The predicted octanol–water partition coefficient (Wildman–Crippen LogP) is 3.21. The molecule has 0 radical (unpaired) electrons. The van der Waals surface area contributed by atoms with Gasteiger partial charge in [0, 0.05) is 0 Å². The number of benzene rings is 2. The van der Waals surface area contributed by atoms with Gasteiger partial charge in [-0.15, -0.1) is 0 Å². The number of carbonyl (C=O) groups excluding carboxylic acids is 2. The van der Waals surface area contributed by atoms with Crippen molar-refractivity contribution in [2.75, 3.05) is 6.61 Å². The number of carbonyl (C=O) groups is 2. The summed E-state index contributed by atoms with van der Waals surface area (Å²) in [5.41, 5.74) is -0.488. The number of aromatic nitrogens is 4. The average Bonchev–Trinajstić information content (AvgIpc) is 3.42. The van der Waals surface area contributed by atoms with E-state index in [1.54, 1.807) is 60.7 Å². The summed E-state index contributed by atoms with van der Waals surface area (Å²) in [4.78, 5) is 37.8. The summed E-state index contributed by atoms with van der Waals surface area (Å²) in [5.74, 6) is -1.24. The van der Waals surface area contributed by atoms with Crippen LogP contribution < -0.4 is 0 Å². The lowest BCUT2D eigenvalue weighted by atomic mass is 9.96. The summed E-state index contributed by atoms with van der Waals surface area (Å²) in [7, 11) is 0. The first-order chi connectivity index (χ1) is 17.4. The topological polar surface area (TPSA) is 126 Å². The number of hydrogen-bond donors (Lipinski definition) is 1. The van der Waals surface area contributed by atoms with Crippen molar-refractivity contribution >= 4 is 34.7 Å². The molecule has 184 valence electrons. The Hall–Kier alpha value is -3.86. The molecule has 0 amide bonds. The van der Waals surface area contributed by atoms with Crippen LogP contribution in [-0.2, 0) is 14.2 Å². The van der Waals surface area contributed by atoms with E-state index >= 15 is 0 Å². The molecule has 1 saturated heterocycles. The lowest BCUT2D eigenvalue weighted by Crippen LogP contribution is -2.47. The fourth-order valence-electron chi connectivity index (χ4n) is 4.13. The van der Waals surface area contributed by atoms with Gasteiger partial charge in [-0.05, 0) is 31.2 Å². The second-order valence-electron chi connectivity index (χ2n) is 8.40. The molecule has 1 N–H and O–H groups in total. The molecule has 10 nitrogen and oxygen atoms in total. The highest BCUT2D eigenvalue weighted by atomic mass is 35.5. The van der Waals surface area contributed by atoms with E-state index in [0.717, 1.165) is 0 Å². The molecule has 4 aromatic rings. The minimum atomic E-state index is -1.76. The van der Waals surface area contributed by atoms with E-state index in [0.29, 0.717) is 22.3 Å². The van der Waals surface area contributed by atoms with Crippen LogP contribution in [0.5, 0.6) is 0 Å². The first-order valence-corrected chi connectivity index (χ1v) is 11.4. The molecule has 0 spiro atoms. The second kappa shape index (κ2) is 9.65. The Morgan fingerprint density at radius 2 is 1.67 bits per heavy atom. The van der Waals surface area contributed by atoms with Crippen LogP contribution in [0.15, 0.2) is 73.3 Å². The molecule has 5 rings (SSSR count). The van der Waals surface area contributed by atoms with Gasteiger partial charge < -0.3 is 19.3 Å². The standard InChI is InChI=1S/C25H21ClN4O6/c1-25(33)19(36-23(32)16-10-6-3-7-11-16)17(12-34-22(31)15-8-4-2-5-9-15)35-24(25)30-14-29-18-20(26)27-13-28-21(18)30/h2-11,13-14,17,19,24,33H,12H2,1H3/t17-,19-,24-,25-/m1/s1. The van der Waals surface area contributed by atoms with Crippen LogP contribution in [0.4, 0.5) is 0 Å². The Bertz CT molecular complexity index is 1400. The van der Waals surface area contributed by atoms with Crippen LogP contribution in [0.1, 0.15) is 33.9 Å². The maximum atomic E-state index is 12.9. The van der Waals surface area contributed by atoms with Crippen LogP contribution in [0.3, 0.4) is 0 Å². The lowest BCUT2D eigenvalue weighted by Gasteiger charge is -2.30. The number of rotatable bonds is 6. The van der Waals surface area contributed by atoms with E-state index in [4.69, 9.17) is 25.8 Å². The summed E-state index contributed by atoms with van der Waals surface area (Å²) < 4.78 is 18.8. The van der Waals surface area contributed by atoms with Gasteiger partial charge in [0.15, 0.2) is 23.1 Å². The van der Waals surface area contributed by atoms with Gasteiger partial charge >= 0.3 is 11.9 Å². The lowest BCUT2D eigenvalue weighted by molar-refractivity contribution is -0.0978. The van der Waals surface area contributed by atoms with Gasteiger partial charge in [-0.3, -0.25) is 4.57 Å². The van der Waals surface area contributed by atoms with Gasteiger partial charge in [-0.1, -0.05) is 48.0 Å². The van der Waals surface area contributed by atoms with Crippen molar-refractivity contribution in [1.82, 2.24) is 19.5 Å². The first-order valence-electron chi connectivity index (χ1n) is 11.1. The molecule has 3 heterocycles. The molecule has 1 aliphatic heterocycles. The van der Waals surface area contributed by atoms with Gasteiger partial charge in [0.2, 0.25) is 0 Å². The zero-order valence-electron chi connectivity index (χ0n) is 19.0. The third-order valence-corrected chi connectivity index (χ3v) is 6.19. The van der Waals surface area contributed by atoms with Crippen molar-refractivity contribution in [3.63, 3.8) is 0 Å². The van der Waals surface area contributed by atoms with Crippen LogP contribution in [0, 0.1) is 0 Å². The van der Waals surface area contributed by atoms with E-state index in [2.05, 4.69) is 15.0 Å². The van der Waals surface area contributed by atoms with Crippen molar-refractivity contribution in [2.45, 2.75) is 31.0 Å². The SMILES string of the molecule is C[C@@]1(O)[C@H](OC(=O)c2ccccc2)[C@@H](COC(=O)c2ccccc2)O[C@H]1n1cnc2c(Cl)ncnc21. The fraction of sp³-hybridized carbons (Fsp3) is 0.240. The van der Waals surface area contributed by atoms with Gasteiger partial charge in [-0.25, -0.2) is 24.5 Å². The van der Waals surface area contributed by atoms with Crippen LogP contribution >= 0.6 is 11.6 Å². The zero-order valence-corrected chi connectivity index (χ0v) is 19.8. The molecule has 2 aromatic carbocycles. The normalized spacial score (nSPS) is 23.5. The van der Waals surface area contributed by atoms with Crippen molar-refractivity contribution in [3.05, 3.63) is 89.6 Å². The molecule has 4 atom stereocenters. The summed E-state index contributed by atoms with van der Waals surface area (Å²) in [6.45, 7) is 1.18.